The van der Waals surface area contributed by atoms with Crippen LogP contribution in [-0.2, 0) is 19.6 Å². The molecule has 218 valence electrons. The number of esters is 1. The maximum atomic E-state index is 13.8. The molecule has 0 bridgehead atoms. The summed E-state index contributed by atoms with van der Waals surface area (Å²) >= 11 is 6.19. The molecular weight excluding hydrogens is 564 g/mol. The Labute approximate surface area is 245 Å². The Balaban J connectivity index is 1.65. The van der Waals surface area contributed by atoms with E-state index in [2.05, 4.69) is 20.4 Å². The number of hydrogen-bond acceptors (Lipinski definition) is 8. The van der Waals surface area contributed by atoms with Gasteiger partial charge in [0.05, 0.1) is 22.7 Å². The monoisotopic (exact) mass is 598 g/mol. The molecule has 0 radical (unpaired) electrons. The zero-order valence-electron chi connectivity index (χ0n) is 23.7. The van der Waals surface area contributed by atoms with Gasteiger partial charge in [0.25, 0.3) is 10.0 Å². The maximum absolute atomic E-state index is 13.8. The van der Waals surface area contributed by atoms with E-state index >= 15 is 0 Å². The molecule has 2 aromatic heterocycles. The van der Waals surface area contributed by atoms with Crippen LogP contribution in [0.5, 0.6) is 0 Å². The van der Waals surface area contributed by atoms with Gasteiger partial charge in [-0.15, -0.1) is 10.2 Å². The number of aromatic nitrogens is 3. The fourth-order valence-electron chi connectivity index (χ4n) is 4.23. The molecule has 41 heavy (non-hydrogen) atoms. The van der Waals surface area contributed by atoms with Crippen LogP contribution in [0.1, 0.15) is 25.3 Å². The summed E-state index contributed by atoms with van der Waals surface area (Å²) in [4.78, 5) is 14.8. The molecule has 10 nitrogen and oxygen atoms in total. The van der Waals surface area contributed by atoms with Crippen molar-refractivity contribution in [2.24, 2.45) is 0 Å². The highest BCUT2D eigenvalue weighted by Gasteiger charge is 2.29. The summed E-state index contributed by atoms with van der Waals surface area (Å²) in [6, 6.07) is 15.4. The van der Waals surface area contributed by atoms with Crippen LogP contribution in [0.15, 0.2) is 65.7 Å². The number of ether oxygens (including phenoxy) is 1. The van der Waals surface area contributed by atoms with Gasteiger partial charge in [-0.25, -0.2) is 8.42 Å². The maximum Gasteiger partial charge on any atom is 0.326 e. The van der Waals surface area contributed by atoms with Crippen LogP contribution in [0.4, 0.5) is 11.5 Å². The summed E-state index contributed by atoms with van der Waals surface area (Å²) in [5.74, 6) is 0.662. The minimum absolute atomic E-state index is 0.00363. The minimum atomic E-state index is -4.15. The van der Waals surface area contributed by atoms with Gasteiger partial charge in [0.2, 0.25) is 0 Å². The number of nitrogens with zero attached hydrogens (tertiary/aromatic N) is 5. The summed E-state index contributed by atoms with van der Waals surface area (Å²) in [6.45, 7) is 5.11. The highest BCUT2D eigenvalue weighted by Crippen LogP contribution is 2.30. The normalized spacial score (nSPS) is 11.7. The number of sulfonamides is 1. The number of fused-ring (bicyclic) bond motifs is 1. The lowest BCUT2D eigenvalue weighted by Crippen LogP contribution is -2.36. The lowest BCUT2D eigenvalue weighted by molar-refractivity contribution is -0.141. The molecule has 0 fully saturated rings. The van der Waals surface area contributed by atoms with Gasteiger partial charge >= 0.3 is 5.97 Å². The molecule has 4 rings (SSSR count). The predicted molar refractivity (Wildman–Crippen MR) is 162 cm³/mol. The quantitative estimate of drug-likeness (QED) is 0.171. The summed E-state index contributed by atoms with van der Waals surface area (Å²) in [6.07, 6.45) is 3.39. The molecule has 2 heterocycles. The molecule has 0 aliphatic heterocycles. The number of rotatable bonds is 13. The van der Waals surface area contributed by atoms with Crippen LogP contribution >= 0.6 is 11.6 Å². The first-order chi connectivity index (χ1) is 19.6. The zero-order valence-corrected chi connectivity index (χ0v) is 25.2. The van der Waals surface area contributed by atoms with Gasteiger partial charge in [-0.1, -0.05) is 24.9 Å². The number of carbonyl (C=O) groups excluding carboxylic acids is 1. The summed E-state index contributed by atoms with van der Waals surface area (Å²) in [5.41, 5.74) is 1.82. The zero-order chi connectivity index (χ0) is 29.6. The van der Waals surface area contributed by atoms with E-state index in [4.69, 9.17) is 16.3 Å². The second kappa shape index (κ2) is 13.3. The number of carbonyl (C=O) groups is 1. The van der Waals surface area contributed by atoms with Crippen molar-refractivity contribution in [3.8, 4) is 5.82 Å². The number of nitrogens with one attached hydrogen (secondary N) is 1. The van der Waals surface area contributed by atoms with Crippen LogP contribution < -0.4 is 9.62 Å². The van der Waals surface area contributed by atoms with Gasteiger partial charge in [0, 0.05) is 29.7 Å². The molecule has 0 unspecified atom stereocenters. The summed E-state index contributed by atoms with van der Waals surface area (Å²) in [7, 11) is -0.138. The molecule has 0 spiro atoms. The van der Waals surface area contributed by atoms with Crippen LogP contribution in [0, 0.1) is 6.92 Å². The molecule has 12 heteroatoms. The van der Waals surface area contributed by atoms with Crippen molar-refractivity contribution in [1.29, 1.82) is 0 Å². The van der Waals surface area contributed by atoms with Gasteiger partial charge in [0.1, 0.15) is 12.4 Å². The van der Waals surface area contributed by atoms with Crippen molar-refractivity contribution in [2.75, 3.05) is 50.0 Å². The largest absolute Gasteiger partial charge is 0.464 e. The minimum Gasteiger partial charge on any atom is -0.464 e. The highest BCUT2D eigenvalue weighted by atomic mass is 35.5. The average molecular weight is 599 g/mol. The van der Waals surface area contributed by atoms with Crippen molar-refractivity contribution >= 4 is 50.0 Å². The van der Waals surface area contributed by atoms with Gasteiger partial charge < -0.3 is 15.0 Å². The van der Waals surface area contributed by atoms with Gasteiger partial charge in [-0.3, -0.25) is 13.7 Å². The number of aryl methyl sites for hydroxylation is 1. The van der Waals surface area contributed by atoms with E-state index in [1.165, 1.54) is 12.1 Å². The van der Waals surface area contributed by atoms with E-state index in [0.29, 0.717) is 34.3 Å². The van der Waals surface area contributed by atoms with E-state index in [0.717, 1.165) is 34.7 Å². The van der Waals surface area contributed by atoms with E-state index in [1.807, 2.05) is 50.0 Å². The fraction of sp³-hybridized carbons (Fsp3) is 0.345. The molecule has 4 aromatic rings. The molecule has 0 saturated carbocycles. The van der Waals surface area contributed by atoms with Crippen molar-refractivity contribution in [2.45, 2.75) is 31.6 Å². The topological polar surface area (TPSA) is 110 Å². The Bertz CT molecular complexity index is 1590. The van der Waals surface area contributed by atoms with Crippen LogP contribution in [0.25, 0.3) is 16.7 Å². The second-order valence-electron chi connectivity index (χ2n) is 9.99. The number of likely N-dealkylation sites (N-methyl/N-ethyl adjacent to an activating group) is 1. The van der Waals surface area contributed by atoms with E-state index < -0.39 is 22.5 Å². The number of hydrogen-bond donors (Lipinski definition) is 1. The first-order valence-corrected chi connectivity index (χ1v) is 15.2. The average Bonchev–Trinajstić information content (AvgIpc) is 3.35. The van der Waals surface area contributed by atoms with E-state index in [-0.39, 0.29) is 11.5 Å². The highest BCUT2D eigenvalue weighted by molar-refractivity contribution is 7.92. The van der Waals surface area contributed by atoms with Gasteiger partial charge in [-0.05, 0) is 87.6 Å². The van der Waals surface area contributed by atoms with Crippen LogP contribution in [0.2, 0.25) is 5.02 Å². The molecular formula is C29H35ClN6O4S. The van der Waals surface area contributed by atoms with Crippen molar-refractivity contribution in [1.82, 2.24) is 19.7 Å². The number of unbranched alkanes of at least 4 members (excludes halogenated alkanes) is 1. The fourth-order valence-corrected chi connectivity index (χ4v) is 6.11. The number of anilines is 2. The third kappa shape index (κ3) is 7.55. The molecule has 2 aromatic carbocycles. The molecule has 0 aliphatic rings. The Kier molecular flexibility index (Phi) is 9.85. The van der Waals surface area contributed by atoms with Crippen LogP contribution in [0.3, 0.4) is 0 Å². The Morgan fingerprint density at radius 2 is 1.88 bits per heavy atom. The van der Waals surface area contributed by atoms with Gasteiger partial charge in [0.15, 0.2) is 5.82 Å². The Hall–Kier alpha value is -3.67. The van der Waals surface area contributed by atoms with Gasteiger partial charge in [-0.2, -0.15) is 0 Å². The molecule has 1 N–H and O–H groups in total. The summed E-state index contributed by atoms with van der Waals surface area (Å²) < 4.78 is 35.9. The SMILES string of the molecule is CCCCOC(=O)CN(c1ccc2c(ccn2-c2ccc(NCCN(C)C)nn2)c1)S(=O)(=O)c1cc(C)cc(Cl)c1. The third-order valence-electron chi connectivity index (χ3n) is 6.36. The van der Waals surface area contributed by atoms with E-state index in [1.54, 1.807) is 31.2 Å². The number of benzene rings is 2. The lowest BCUT2D eigenvalue weighted by atomic mass is 10.2. The molecule has 0 saturated heterocycles. The number of halogens is 1. The smallest absolute Gasteiger partial charge is 0.326 e. The Morgan fingerprint density at radius 3 is 2.56 bits per heavy atom. The second-order valence-corrected chi connectivity index (χ2v) is 12.3. The van der Waals surface area contributed by atoms with E-state index in [9.17, 15) is 13.2 Å². The third-order valence-corrected chi connectivity index (χ3v) is 8.33. The van der Waals surface area contributed by atoms with Crippen molar-refractivity contribution < 1.29 is 17.9 Å². The van der Waals surface area contributed by atoms with Crippen LogP contribution in [-0.4, -0.2) is 74.4 Å². The van der Waals surface area contributed by atoms with Crippen molar-refractivity contribution in [3.05, 3.63) is 71.4 Å². The standard InChI is InChI=1S/C29H35ClN6O4S/c1-5-6-15-40-29(37)20-36(41(38,39)25-17-21(2)16-23(30)19-25)24-7-8-26-22(18-24)11-13-35(26)28-10-9-27(32-33-28)31-12-14-34(3)4/h7-11,13,16-19H,5-6,12,14-15,20H2,1-4H3,(H,31,32). The first kappa shape index (κ1) is 30.3. The first-order valence-electron chi connectivity index (χ1n) is 13.4. The molecule has 0 aliphatic carbocycles. The predicted octanol–water partition coefficient (Wildman–Crippen LogP) is 4.89. The molecule has 0 atom stereocenters. The summed E-state index contributed by atoms with van der Waals surface area (Å²) in [5, 5.41) is 12.9. The Morgan fingerprint density at radius 1 is 1.07 bits per heavy atom. The lowest BCUT2D eigenvalue weighted by Gasteiger charge is -2.24. The molecule has 0 amide bonds. The van der Waals surface area contributed by atoms with Crippen molar-refractivity contribution in [3.63, 3.8) is 0 Å².